The number of rotatable bonds is 4. The average Bonchev–Trinajstić information content (AvgIpc) is 1.98. The number of carbonyl (C=O) groups excluding carboxylic acids is 1. The zero-order valence-electron chi connectivity index (χ0n) is 7.31. The zero-order valence-corrected chi connectivity index (χ0v) is 7.31. The highest BCUT2D eigenvalue weighted by Crippen LogP contribution is 2.08. The van der Waals surface area contributed by atoms with E-state index in [1.54, 1.807) is 6.92 Å². The highest BCUT2D eigenvalue weighted by molar-refractivity contribution is 5.91. The van der Waals surface area contributed by atoms with Gasteiger partial charge in [-0.2, -0.15) is 0 Å². The third kappa shape index (κ3) is 3.07. The molecule has 0 aliphatic rings. The van der Waals surface area contributed by atoms with E-state index in [9.17, 15) is 4.79 Å². The van der Waals surface area contributed by atoms with E-state index >= 15 is 0 Å². The Bertz CT molecular complexity index is 173. The molecule has 0 radical (unpaired) electrons. The smallest absolute Gasteiger partial charge is 0.247 e. The summed E-state index contributed by atoms with van der Waals surface area (Å²) in [7, 11) is 0. The largest absolute Gasteiger partial charge is 0.498 e. The van der Waals surface area contributed by atoms with Crippen LogP contribution in [0.1, 0.15) is 27.2 Å². The highest BCUT2D eigenvalue weighted by Gasteiger charge is 2.05. The first-order valence-electron chi connectivity index (χ1n) is 3.75. The molecule has 0 unspecified atom stereocenters. The molecule has 0 saturated heterocycles. The lowest BCUT2D eigenvalue weighted by Crippen LogP contribution is -2.14. The van der Waals surface area contributed by atoms with Crippen molar-refractivity contribution in [2.75, 3.05) is 6.61 Å². The molecule has 11 heavy (non-hydrogen) atoms. The van der Waals surface area contributed by atoms with E-state index < -0.39 is 5.91 Å². The van der Waals surface area contributed by atoms with Gasteiger partial charge in [0.05, 0.1) is 12.2 Å². The molecule has 1 amide bonds. The molecule has 0 saturated carbocycles. The number of ether oxygens (including phenoxy) is 1. The van der Waals surface area contributed by atoms with Crippen LogP contribution in [0.5, 0.6) is 0 Å². The third-order valence-corrected chi connectivity index (χ3v) is 1.43. The van der Waals surface area contributed by atoms with Crippen LogP contribution in [0.2, 0.25) is 0 Å². The third-order valence-electron chi connectivity index (χ3n) is 1.43. The number of nitrogens with two attached hydrogens (primary N) is 1. The van der Waals surface area contributed by atoms with Crippen molar-refractivity contribution in [3.8, 4) is 0 Å². The second-order valence-corrected chi connectivity index (χ2v) is 2.20. The van der Waals surface area contributed by atoms with Gasteiger partial charge in [-0.1, -0.05) is 6.92 Å². The van der Waals surface area contributed by atoms with Gasteiger partial charge in [-0.3, -0.25) is 4.79 Å². The molecule has 3 nitrogen and oxygen atoms in total. The Kier molecular flexibility index (Phi) is 4.34. The number of primary amides is 1. The van der Waals surface area contributed by atoms with E-state index in [0.717, 1.165) is 0 Å². The minimum absolute atomic E-state index is 0.407. The molecule has 0 aromatic heterocycles. The molecular weight excluding hydrogens is 142 g/mol. The fraction of sp³-hybridized carbons (Fsp3) is 0.625. The molecule has 0 spiro atoms. The van der Waals surface area contributed by atoms with E-state index in [-0.39, 0.29) is 0 Å². The maximum atomic E-state index is 10.7. The standard InChI is InChI=1S/C8H15NO2/c1-4-7(11-5-2)6(3)8(9)10/h4-5H2,1-3H3,(H2,9,10)/b7-6+. The molecule has 0 aromatic carbocycles. The summed E-state index contributed by atoms with van der Waals surface area (Å²) < 4.78 is 5.19. The first-order chi connectivity index (χ1) is 5.13. The topological polar surface area (TPSA) is 52.3 Å². The van der Waals surface area contributed by atoms with Crippen molar-refractivity contribution in [1.29, 1.82) is 0 Å². The van der Waals surface area contributed by atoms with Gasteiger partial charge >= 0.3 is 0 Å². The first kappa shape index (κ1) is 10.0. The molecule has 0 heterocycles. The van der Waals surface area contributed by atoms with Gasteiger partial charge in [0.2, 0.25) is 5.91 Å². The minimum atomic E-state index is -0.407. The van der Waals surface area contributed by atoms with Crippen molar-refractivity contribution >= 4 is 5.91 Å². The number of carbonyl (C=O) groups is 1. The van der Waals surface area contributed by atoms with Crippen molar-refractivity contribution in [3.05, 3.63) is 11.3 Å². The van der Waals surface area contributed by atoms with Crippen LogP contribution in [0.4, 0.5) is 0 Å². The maximum Gasteiger partial charge on any atom is 0.247 e. The van der Waals surface area contributed by atoms with Gasteiger partial charge in [-0.05, 0) is 13.8 Å². The van der Waals surface area contributed by atoms with Crippen molar-refractivity contribution in [1.82, 2.24) is 0 Å². The summed E-state index contributed by atoms with van der Waals surface area (Å²) in [5.74, 6) is 0.287. The van der Waals surface area contributed by atoms with E-state index in [1.807, 2.05) is 13.8 Å². The molecule has 0 bridgehead atoms. The van der Waals surface area contributed by atoms with Crippen molar-refractivity contribution in [2.24, 2.45) is 5.73 Å². The predicted molar refractivity (Wildman–Crippen MR) is 43.8 cm³/mol. The second kappa shape index (κ2) is 4.77. The van der Waals surface area contributed by atoms with Crippen LogP contribution in [0.3, 0.4) is 0 Å². The van der Waals surface area contributed by atoms with Crippen LogP contribution in [-0.2, 0) is 9.53 Å². The number of allylic oxidation sites excluding steroid dienone is 1. The van der Waals surface area contributed by atoms with Crippen molar-refractivity contribution in [3.63, 3.8) is 0 Å². The Hall–Kier alpha value is -0.990. The molecule has 2 N–H and O–H groups in total. The fourth-order valence-electron chi connectivity index (χ4n) is 0.787. The van der Waals surface area contributed by atoms with E-state index in [0.29, 0.717) is 24.4 Å². The second-order valence-electron chi connectivity index (χ2n) is 2.20. The Morgan fingerprint density at radius 2 is 2.00 bits per heavy atom. The van der Waals surface area contributed by atoms with Gasteiger partial charge < -0.3 is 10.5 Å². The molecule has 64 valence electrons. The molecule has 0 aromatic rings. The Morgan fingerprint density at radius 3 is 2.27 bits per heavy atom. The monoisotopic (exact) mass is 157 g/mol. The zero-order chi connectivity index (χ0) is 8.85. The molecule has 0 aliphatic heterocycles. The lowest BCUT2D eigenvalue weighted by Gasteiger charge is -2.07. The molecule has 0 aliphatic carbocycles. The van der Waals surface area contributed by atoms with Crippen LogP contribution in [0.15, 0.2) is 11.3 Å². The Labute approximate surface area is 67.2 Å². The van der Waals surface area contributed by atoms with Crippen LogP contribution in [0.25, 0.3) is 0 Å². The number of hydrogen-bond donors (Lipinski definition) is 1. The van der Waals surface area contributed by atoms with Gasteiger partial charge in [0.1, 0.15) is 5.76 Å². The maximum absolute atomic E-state index is 10.7. The van der Waals surface area contributed by atoms with Gasteiger partial charge in [0.15, 0.2) is 0 Å². The van der Waals surface area contributed by atoms with E-state index in [4.69, 9.17) is 10.5 Å². The minimum Gasteiger partial charge on any atom is -0.498 e. The summed E-state index contributed by atoms with van der Waals surface area (Å²) in [5, 5.41) is 0. The predicted octanol–water partition coefficient (Wildman–Crippen LogP) is 1.19. The van der Waals surface area contributed by atoms with Crippen LogP contribution in [0, 0.1) is 0 Å². The molecule has 0 atom stereocenters. The number of amides is 1. The quantitative estimate of drug-likeness (QED) is 0.492. The normalized spacial score (nSPS) is 12.3. The van der Waals surface area contributed by atoms with Gasteiger partial charge in [-0.15, -0.1) is 0 Å². The highest BCUT2D eigenvalue weighted by atomic mass is 16.5. The lowest BCUT2D eigenvalue weighted by molar-refractivity contribution is -0.114. The molecule has 0 fully saturated rings. The summed E-state index contributed by atoms with van der Waals surface area (Å²) in [6, 6.07) is 0. The summed E-state index contributed by atoms with van der Waals surface area (Å²) in [6.45, 7) is 6.06. The molecular formula is C8H15NO2. The summed E-state index contributed by atoms with van der Waals surface area (Å²) in [6.07, 6.45) is 0.711. The van der Waals surface area contributed by atoms with Crippen molar-refractivity contribution < 1.29 is 9.53 Å². The summed E-state index contributed by atoms with van der Waals surface area (Å²) in [4.78, 5) is 10.7. The SMILES string of the molecule is CCO/C(CC)=C(\C)C(N)=O. The van der Waals surface area contributed by atoms with E-state index in [2.05, 4.69) is 0 Å². The van der Waals surface area contributed by atoms with Crippen LogP contribution < -0.4 is 5.73 Å². The van der Waals surface area contributed by atoms with Gasteiger partial charge in [0, 0.05) is 6.42 Å². The van der Waals surface area contributed by atoms with Gasteiger partial charge in [-0.25, -0.2) is 0 Å². The Morgan fingerprint density at radius 1 is 1.45 bits per heavy atom. The molecule has 3 heteroatoms. The first-order valence-corrected chi connectivity index (χ1v) is 3.75. The Balaban J connectivity index is 4.39. The van der Waals surface area contributed by atoms with Crippen molar-refractivity contribution in [2.45, 2.75) is 27.2 Å². The average molecular weight is 157 g/mol. The fourth-order valence-corrected chi connectivity index (χ4v) is 0.787. The van der Waals surface area contributed by atoms with Gasteiger partial charge in [0.25, 0.3) is 0 Å². The van der Waals surface area contributed by atoms with E-state index in [1.165, 1.54) is 0 Å². The van der Waals surface area contributed by atoms with Crippen LogP contribution >= 0.6 is 0 Å². The summed E-state index contributed by atoms with van der Waals surface area (Å²) >= 11 is 0. The lowest BCUT2D eigenvalue weighted by atomic mass is 10.2. The number of hydrogen-bond acceptors (Lipinski definition) is 2. The molecule has 0 rings (SSSR count). The summed E-state index contributed by atoms with van der Waals surface area (Å²) in [5.41, 5.74) is 5.59. The van der Waals surface area contributed by atoms with Crippen LogP contribution in [-0.4, -0.2) is 12.5 Å².